The van der Waals surface area contributed by atoms with E-state index in [-0.39, 0.29) is 11.2 Å². The third-order valence-electron chi connectivity index (χ3n) is 5.68. The Balaban J connectivity index is 1.58. The molecule has 2 atom stereocenters. The molecule has 0 aromatic heterocycles. The summed E-state index contributed by atoms with van der Waals surface area (Å²) < 4.78 is 12.0. The van der Waals surface area contributed by atoms with Crippen molar-refractivity contribution in [2.75, 3.05) is 13.6 Å². The van der Waals surface area contributed by atoms with E-state index in [4.69, 9.17) is 9.47 Å². The van der Waals surface area contributed by atoms with Crippen LogP contribution in [-0.4, -0.2) is 30.3 Å². The van der Waals surface area contributed by atoms with Crippen molar-refractivity contribution in [2.45, 2.75) is 43.4 Å². The van der Waals surface area contributed by atoms with E-state index in [0.717, 1.165) is 37.3 Å². The average Bonchev–Trinajstić information content (AvgIpc) is 3.02. The molecule has 1 aromatic carbocycles. The van der Waals surface area contributed by atoms with E-state index in [1.165, 1.54) is 11.1 Å². The van der Waals surface area contributed by atoms with Crippen molar-refractivity contribution in [3.8, 4) is 11.5 Å². The van der Waals surface area contributed by atoms with Crippen LogP contribution in [0, 0.1) is 0 Å². The molecule has 3 heteroatoms. The minimum atomic E-state index is -0.316. The second-order valence-electron chi connectivity index (χ2n) is 7.24. The van der Waals surface area contributed by atoms with E-state index in [2.05, 4.69) is 55.3 Å². The lowest BCUT2D eigenvalue weighted by Gasteiger charge is -2.36. The number of benzene rings is 1. The van der Waals surface area contributed by atoms with Crippen LogP contribution in [0.25, 0.3) is 0 Å². The van der Waals surface area contributed by atoms with Gasteiger partial charge in [0, 0.05) is 24.3 Å². The van der Waals surface area contributed by atoms with Crippen LogP contribution in [-0.2, 0) is 5.41 Å². The molecule has 0 N–H and O–H groups in total. The van der Waals surface area contributed by atoms with Crippen LogP contribution in [0.1, 0.15) is 31.7 Å². The number of ether oxygens (including phenoxy) is 2. The van der Waals surface area contributed by atoms with Crippen molar-refractivity contribution in [3.63, 3.8) is 0 Å². The molecule has 2 aliphatic heterocycles. The first kappa shape index (κ1) is 12.8. The van der Waals surface area contributed by atoms with Gasteiger partial charge in [-0.3, -0.25) is 4.90 Å². The van der Waals surface area contributed by atoms with Gasteiger partial charge in [-0.25, -0.2) is 0 Å². The minimum Gasteiger partial charge on any atom is -0.448 e. The van der Waals surface area contributed by atoms with Crippen LogP contribution in [0.3, 0.4) is 0 Å². The summed E-state index contributed by atoms with van der Waals surface area (Å²) in [6.45, 7) is 3.31. The number of hydrogen-bond donors (Lipinski definition) is 0. The van der Waals surface area contributed by atoms with E-state index in [0.29, 0.717) is 6.04 Å². The first-order chi connectivity index (χ1) is 10.6. The molecule has 0 bridgehead atoms. The maximum atomic E-state index is 6.05. The number of likely N-dealkylation sites (N-methyl/N-ethyl adjacent to an activating group) is 1. The van der Waals surface area contributed by atoms with Gasteiger partial charge in [0.2, 0.25) is 0 Å². The predicted octanol–water partition coefficient (Wildman–Crippen LogP) is 3.41. The normalized spacial score (nSPS) is 33.9. The maximum Gasteiger partial charge on any atom is 0.252 e. The number of nitrogens with zero attached hydrogens (tertiary/aromatic N) is 1. The molecule has 2 heterocycles. The van der Waals surface area contributed by atoms with Gasteiger partial charge in [-0.15, -0.1) is 0 Å². The van der Waals surface area contributed by atoms with Gasteiger partial charge in [0.15, 0.2) is 11.5 Å². The van der Waals surface area contributed by atoms with Gasteiger partial charge in [0.1, 0.15) is 0 Å². The average molecular weight is 295 g/mol. The Bertz CT molecular complexity index is 716. The fourth-order valence-electron chi connectivity index (χ4n) is 4.18. The lowest BCUT2D eigenvalue weighted by molar-refractivity contribution is 0.0217. The van der Waals surface area contributed by atoms with Crippen molar-refractivity contribution < 1.29 is 9.47 Å². The Morgan fingerprint density at radius 2 is 1.95 bits per heavy atom. The molecule has 114 valence electrons. The molecule has 2 aliphatic carbocycles. The minimum absolute atomic E-state index is 0.0754. The van der Waals surface area contributed by atoms with E-state index >= 15 is 0 Å². The van der Waals surface area contributed by atoms with E-state index < -0.39 is 0 Å². The fourth-order valence-corrected chi connectivity index (χ4v) is 4.18. The zero-order chi connectivity index (χ0) is 14.9. The van der Waals surface area contributed by atoms with Crippen LogP contribution in [0.4, 0.5) is 0 Å². The number of rotatable bonds is 1. The largest absolute Gasteiger partial charge is 0.448 e. The molecule has 1 saturated heterocycles. The zero-order valence-electron chi connectivity index (χ0n) is 13.1. The summed E-state index contributed by atoms with van der Waals surface area (Å²) in [7, 11) is 2.22. The van der Waals surface area contributed by atoms with Crippen LogP contribution in [0.2, 0.25) is 0 Å². The number of fused-ring (bicyclic) bond motifs is 2. The molecule has 1 saturated carbocycles. The summed E-state index contributed by atoms with van der Waals surface area (Å²) in [5.74, 6) is 1.52. The Hall–Kier alpha value is -1.74. The molecule has 0 radical (unpaired) electrons. The zero-order valence-corrected chi connectivity index (χ0v) is 13.1. The van der Waals surface area contributed by atoms with Crippen molar-refractivity contribution in [1.82, 2.24) is 4.90 Å². The van der Waals surface area contributed by atoms with Gasteiger partial charge in [0.05, 0.1) is 0 Å². The molecule has 22 heavy (non-hydrogen) atoms. The number of hydrogen-bond acceptors (Lipinski definition) is 3. The molecule has 3 nitrogen and oxygen atoms in total. The fraction of sp³-hybridized carbons (Fsp3) is 0.474. The molecular formula is C19H21NO2. The third-order valence-corrected chi connectivity index (χ3v) is 5.68. The summed E-state index contributed by atoms with van der Waals surface area (Å²) >= 11 is 0. The highest BCUT2D eigenvalue weighted by Crippen LogP contribution is 2.53. The molecule has 0 unspecified atom stereocenters. The molecule has 1 aromatic rings. The van der Waals surface area contributed by atoms with Crippen LogP contribution in [0.5, 0.6) is 11.5 Å². The molecule has 0 amide bonds. The van der Waals surface area contributed by atoms with Gasteiger partial charge >= 0.3 is 0 Å². The van der Waals surface area contributed by atoms with Crippen molar-refractivity contribution in [2.24, 2.45) is 0 Å². The highest BCUT2D eigenvalue weighted by Gasteiger charge is 2.54. The number of allylic oxidation sites excluding steroid dienone is 2. The first-order valence-corrected chi connectivity index (χ1v) is 8.21. The third kappa shape index (κ3) is 1.60. The lowest BCUT2D eigenvalue weighted by Crippen LogP contribution is -2.39. The summed E-state index contributed by atoms with van der Waals surface area (Å²) in [6, 6.07) is 6.98. The summed E-state index contributed by atoms with van der Waals surface area (Å²) in [5.41, 5.74) is 2.78. The topological polar surface area (TPSA) is 21.7 Å². The highest BCUT2D eigenvalue weighted by molar-refractivity contribution is 5.52. The van der Waals surface area contributed by atoms with E-state index in [1.807, 2.05) is 0 Å². The smallest absolute Gasteiger partial charge is 0.252 e. The van der Waals surface area contributed by atoms with Gasteiger partial charge in [-0.05, 0) is 44.6 Å². The van der Waals surface area contributed by atoms with Gasteiger partial charge < -0.3 is 9.47 Å². The van der Waals surface area contributed by atoms with Crippen molar-refractivity contribution in [3.05, 3.63) is 47.6 Å². The maximum absolute atomic E-state index is 6.05. The molecule has 1 spiro atoms. The Labute approximate surface area is 131 Å². The van der Waals surface area contributed by atoms with Gasteiger partial charge in [-0.2, -0.15) is 0 Å². The van der Waals surface area contributed by atoms with Crippen molar-refractivity contribution >= 4 is 0 Å². The van der Waals surface area contributed by atoms with Crippen LogP contribution in [0.15, 0.2) is 42.0 Å². The Kier molecular flexibility index (Phi) is 2.30. The van der Waals surface area contributed by atoms with E-state index in [1.54, 1.807) is 0 Å². The van der Waals surface area contributed by atoms with Gasteiger partial charge in [0.25, 0.3) is 5.79 Å². The summed E-state index contributed by atoms with van der Waals surface area (Å²) in [6.07, 6.45) is 10.2. The second kappa shape index (κ2) is 3.96. The Morgan fingerprint density at radius 3 is 2.77 bits per heavy atom. The Morgan fingerprint density at radius 1 is 1.14 bits per heavy atom. The SMILES string of the molecule is CC1=C[C@@H]2N(C)CC[C@]2(c2ccc3c(c2)OC2(CC2)O3)C=C1. The van der Waals surface area contributed by atoms with E-state index in [9.17, 15) is 0 Å². The van der Waals surface area contributed by atoms with Gasteiger partial charge in [-0.1, -0.05) is 29.9 Å². The lowest BCUT2D eigenvalue weighted by atomic mass is 9.71. The monoisotopic (exact) mass is 295 g/mol. The second-order valence-corrected chi connectivity index (χ2v) is 7.24. The highest BCUT2D eigenvalue weighted by atomic mass is 16.7. The quantitative estimate of drug-likeness (QED) is 0.792. The molecule has 2 fully saturated rings. The number of likely N-dealkylation sites (tertiary alicyclic amines) is 1. The van der Waals surface area contributed by atoms with Crippen LogP contribution < -0.4 is 9.47 Å². The molecule has 5 rings (SSSR count). The predicted molar refractivity (Wildman–Crippen MR) is 85.3 cm³/mol. The summed E-state index contributed by atoms with van der Waals surface area (Å²) in [4.78, 5) is 2.46. The molecular weight excluding hydrogens is 274 g/mol. The summed E-state index contributed by atoms with van der Waals surface area (Å²) in [5, 5.41) is 0. The van der Waals surface area contributed by atoms with Crippen LogP contribution >= 0.6 is 0 Å². The standard InChI is InChI=1S/C19H21NO2/c1-13-5-6-18(9-10-20(2)17(18)11-13)14-3-4-15-16(12-14)22-19(21-15)7-8-19/h3-6,11-12,17H,7-10H2,1-2H3/t17-,18-/m0/s1. The molecule has 4 aliphatic rings. The van der Waals surface area contributed by atoms with Crippen molar-refractivity contribution in [1.29, 1.82) is 0 Å². The first-order valence-electron chi connectivity index (χ1n) is 8.21.